The lowest BCUT2D eigenvalue weighted by Crippen LogP contribution is -2.36. The fourth-order valence-corrected chi connectivity index (χ4v) is 5.01. The van der Waals surface area contributed by atoms with Crippen molar-refractivity contribution in [2.24, 2.45) is 10.2 Å². The minimum atomic E-state index is -0.372. The molecular weight excluding hydrogens is 504 g/mol. The molecule has 9 nitrogen and oxygen atoms in total. The van der Waals surface area contributed by atoms with Crippen molar-refractivity contribution in [3.05, 3.63) is 104 Å². The molecule has 2 aromatic carbocycles. The van der Waals surface area contributed by atoms with Gasteiger partial charge in [0.25, 0.3) is 5.69 Å². The molecule has 3 aromatic rings. The molecule has 0 bridgehead atoms. The van der Waals surface area contributed by atoms with Crippen molar-refractivity contribution in [3.63, 3.8) is 0 Å². The molecule has 2 aliphatic rings. The number of hydrogen-bond donors (Lipinski definition) is 0. The number of nitrogens with zero attached hydrogens (tertiary/aromatic N) is 6. The molecule has 10 heteroatoms. The molecule has 5 rings (SSSR count). The number of halogens is 1. The van der Waals surface area contributed by atoms with Gasteiger partial charge in [-0.05, 0) is 54.7 Å². The van der Waals surface area contributed by atoms with Crippen LogP contribution in [-0.2, 0) is 4.74 Å². The van der Waals surface area contributed by atoms with Crippen LogP contribution in [0.4, 0.5) is 5.69 Å². The molecule has 0 amide bonds. The number of allylic oxidation sites excluding steroid dienone is 2. The average molecular weight is 531 g/mol. The van der Waals surface area contributed by atoms with Crippen LogP contribution in [0, 0.1) is 17.0 Å². The van der Waals surface area contributed by atoms with Gasteiger partial charge in [0, 0.05) is 30.9 Å². The fraction of sp³-hybridized carbons (Fsp3) is 0.250. The van der Waals surface area contributed by atoms with E-state index in [-0.39, 0.29) is 10.6 Å². The maximum Gasteiger partial charge on any atom is 0.270 e. The third-order valence-corrected chi connectivity index (χ3v) is 6.90. The number of non-ortho nitro benzene ring substituents is 1. The van der Waals surface area contributed by atoms with E-state index in [2.05, 4.69) is 20.2 Å². The second-order valence-corrected chi connectivity index (χ2v) is 9.38. The number of ether oxygens (including phenoxy) is 1. The number of aryl methyl sites for hydroxylation is 1. The first kappa shape index (κ1) is 25.6. The zero-order chi connectivity index (χ0) is 26.5. The summed E-state index contributed by atoms with van der Waals surface area (Å²) >= 11 is 6.60. The van der Waals surface area contributed by atoms with Crippen molar-refractivity contribution < 1.29 is 9.66 Å². The molecule has 0 saturated carbocycles. The molecule has 1 aromatic heterocycles. The van der Waals surface area contributed by atoms with Crippen molar-refractivity contribution >= 4 is 35.8 Å². The maximum atomic E-state index is 11.2. The molecule has 38 heavy (non-hydrogen) atoms. The molecule has 0 atom stereocenters. The van der Waals surface area contributed by atoms with E-state index in [1.165, 1.54) is 6.07 Å². The van der Waals surface area contributed by atoms with Crippen molar-refractivity contribution in [2.75, 3.05) is 26.3 Å². The minimum Gasteiger partial charge on any atom is -0.378 e. The molecule has 1 saturated heterocycles. The number of morpholine rings is 1. The van der Waals surface area contributed by atoms with Gasteiger partial charge in [-0.3, -0.25) is 10.1 Å². The van der Waals surface area contributed by atoms with Gasteiger partial charge in [0.1, 0.15) is 5.15 Å². The summed E-state index contributed by atoms with van der Waals surface area (Å²) in [7, 11) is 0. The Bertz CT molecular complexity index is 1450. The molecule has 1 aliphatic heterocycles. The van der Waals surface area contributed by atoms with Gasteiger partial charge in [0.15, 0.2) is 0 Å². The summed E-state index contributed by atoms with van der Waals surface area (Å²) in [4.78, 5) is 13.2. The Kier molecular flexibility index (Phi) is 7.76. The zero-order valence-electron chi connectivity index (χ0n) is 21.0. The number of hydrogen-bond acceptors (Lipinski definition) is 7. The lowest BCUT2D eigenvalue weighted by atomic mass is 10.1. The second kappa shape index (κ2) is 11.5. The molecule has 2 heterocycles. The van der Waals surface area contributed by atoms with E-state index >= 15 is 0 Å². The van der Waals surface area contributed by atoms with Crippen LogP contribution in [0.3, 0.4) is 0 Å². The van der Waals surface area contributed by atoms with Gasteiger partial charge in [0.05, 0.1) is 47.5 Å². The number of nitro benzene ring substituents is 1. The van der Waals surface area contributed by atoms with Crippen LogP contribution in [0.25, 0.3) is 11.8 Å². The summed E-state index contributed by atoms with van der Waals surface area (Å²) in [5, 5.41) is 24.9. The van der Waals surface area contributed by atoms with Crippen LogP contribution in [0.1, 0.15) is 29.7 Å². The molecule has 1 fully saturated rings. The monoisotopic (exact) mass is 530 g/mol. The summed E-state index contributed by atoms with van der Waals surface area (Å²) in [5.74, 6) is 0. The first-order valence-electron chi connectivity index (χ1n) is 12.4. The summed E-state index contributed by atoms with van der Waals surface area (Å²) in [6.07, 6.45) is 7.07. The van der Waals surface area contributed by atoms with Crippen molar-refractivity contribution in [2.45, 2.75) is 19.8 Å². The average Bonchev–Trinajstić information content (AvgIpc) is 3.47. The molecular formula is C28H27ClN6O3. The van der Waals surface area contributed by atoms with Crippen LogP contribution in [0.2, 0.25) is 5.15 Å². The Morgan fingerprint density at radius 3 is 2.58 bits per heavy atom. The minimum absolute atomic E-state index is 0.0786. The van der Waals surface area contributed by atoms with E-state index in [9.17, 15) is 10.1 Å². The van der Waals surface area contributed by atoms with Gasteiger partial charge in [-0.2, -0.15) is 15.3 Å². The first-order valence-corrected chi connectivity index (χ1v) is 12.8. The highest BCUT2D eigenvalue weighted by Crippen LogP contribution is 2.35. The summed E-state index contributed by atoms with van der Waals surface area (Å²) < 4.78 is 7.24. The highest BCUT2D eigenvalue weighted by molar-refractivity contribution is 6.32. The Labute approximate surface area is 225 Å². The number of para-hydroxylation sites is 1. The van der Waals surface area contributed by atoms with Crippen LogP contribution < -0.4 is 0 Å². The standard InChI is InChI=1S/C28H27ClN6O3/c1-20-26(28(29)34(32-20)24-7-3-2-4-8-24)19-31-30-18-23-11-10-22(27(23)33-12-14-38-15-13-33)16-21-6-5-9-25(17-21)35(36)37/h2-9,16-19H,10-15H2,1H3. The van der Waals surface area contributed by atoms with E-state index in [1.54, 1.807) is 29.2 Å². The van der Waals surface area contributed by atoms with Gasteiger partial charge in [-0.1, -0.05) is 41.9 Å². The lowest BCUT2D eigenvalue weighted by molar-refractivity contribution is -0.384. The van der Waals surface area contributed by atoms with Gasteiger partial charge in [-0.25, -0.2) is 4.68 Å². The third kappa shape index (κ3) is 5.58. The largest absolute Gasteiger partial charge is 0.378 e. The molecule has 0 unspecified atom stereocenters. The number of rotatable bonds is 7. The molecule has 1 aliphatic carbocycles. The Hall–Kier alpha value is -4.08. The van der Waals surface area contributed by atoms with E-state index < -0.39 is 0 Å². The molecule has 0 spiro atoms. The topological polar surface area (TPSA) is 98.2 Å². The SMILES string of the molecule is Cc1nn(-c2ccccc2)c(Cl)c1C=NN=CC1=C(N2CCOCC2)C(=Cc2cccc([N+](=O)[O-])c2)CC1. The van der Waals surface area contributed by atoms with Crippen molar-refractivity contribution in [3.8, 4) is 5.69 Å². The van der Waals surface area contributed by atoms with E-state index in [4.69, 9.17) is 16.3 Å². The van der Waals surface area contributed by atoms with Gasteiger partial charge < -0.3 is 9.64 Å². The predicted molar refractivity (Wildman–Crippen MR) is 149 cm³/mol. The first-order chi connectivity index (χ1) is 18.5. The van der Waals surface area contributed by atoms with Crippen LogP contribution in [-0.4, -0.2) is 58.3 Å². The maximum absolute atomic E-state index is 11.2. The highest BCUT2D eigenvalue weighted by atomic mass is 35.5. The number of aromatic nitrogens is 2. The van der Waals surface area contributed by atoms with Gasteiger partial charge in [-0.15, -0.1) is 0 Å². The zero-order valence-corrected chi connectivity index (χ0v) is 21.7. The smallest absolute Gasteiger partial charge is 0.270 e. The lowest BCUT2D eigenvalue weighted by Gasteiger charge is -2.31. The van der Waals surface area contributed by atoms with E-state index in [1.807, 2.05) is 49.4 Å². The second-order valence-electron chi connectivity index (χ2n) is 9.02. The Morgan fingerprint density at radius 2 is 1.82 bits per heavy atom. The normalized spacial score (nSPS) is 17.4. The van der Waals surface area contributed by atoms with Crippen LogP contribution in [0.5, 0.6) is 0 Å². The Balaban J connectivity index is 1.42. The Morgan fingerprint density at radius 1 is 1.05 bits per heavy atom. The number of benzene rings is 2. The van der Waals surface area contributed by atoms with Crippen LogP contribution in [0.15, 0.2) is 81.6 Å². The molecule has 194 valence electrons. The fourth-order valence-electron chi connectivity index (χ4n) is 4.69. The van der Waals surface area contributed by atoms with E-state index in [0.29, 0.717) is 23.9 Å². The summed E-state index contributed by atoms with van der Waals surface area (Å²) in [6, 6.07) is 16.4. The van der Waals surface area contributed by atoms with Gasteiger partial charge in [0.2, 0.25) is 0 Å². The highest BCUT2D eigenvalue weighted by Gasteiger charge is 2.25. The number of nitro groups is 1. The van der Waals surface area contributed by atoms with Gasteiger partial charge >= 0.3 is 0 Å². The molecule has 0 N–H and O–H groups in total. The predicted octanol–water partition coefficient (Wildman–Crippen LogP) is 5.61. The van der Waals surface area contributed by atoms with E-state index in [0.717, 1.165) is 59.7 Å². The summed E-state index contributed by atoms with van der Waals surface area (Å²) in [6.45, 7) is 4.74. The van der Waals surface area contributed by atoms with Crippen molar-refractivity contribution in [1.82, 2.24) is 14.7 Å². The quantitative estimate of drug-likeness (QED) is 0.224. The van der Waals surface area contributed by atoms with Crippen molar-refractivity contribution in [1.29, 1.82) is 0 Å². The summed E-state index contributed by atoms with van der Waals surface area (Å²) in [5.41, 5.74) is 6.53. The molecule has 0 radical (unpaired) electrons. The van der Waals surface area contributed by atoms with Crippen LogP contribution >= 0.6 is 11.6 Å². The third-order valence-electron chi connectivity index (χ3n) is 6.54.